The number of likely N-dealkylation sites (tertiary alicyclic amines) is 1. The molecule has 1 saturated carbocycles. The van der Waals surface area contributed by atoms with Gasteiger partial charge in [0.05, 0.1) is 0 Å². The number of carbonyl (C=O) groups excluding carboxylic acids is 1. The molecule has 1 heterocycles. The Bertz CT molecular complexity index is 970. The summed E-state index contributed by atoms with van der Waals surface area (Å²) in [5.41, 5.74) is 4.96. The molecule has 2 aromatic carbocycles. The molecule has 5 heteroatoms. The van der Waals surface area contributed by atoms with Gasteiger partial charge >= 0.3 is 0 Å². The largest absolute Gasteiger partial charge is 0.378 e. The van der Waals surface area contributed by atoms with E-state index >= 15 is 0 Å². The number of halogens is 2. The van der Waals surface area contributed by atoms with E-state index in [4.69, 9.17) is 23.2 Å². The molecule has 2 aliphatic rings. The van der Waals surface area contributed by atoms with Gasteiger partial charge in [0.15, 0.2) is 0 Å². The summed E-state index contributed by atoms with van der Waals surface area (Å²) in [4.78, 5) is 17.2. The van der Waals surface area contributed by atoms with Crippen molar-refractivity contribution >= 4 is 34.8 Å². The maximum atomic E-state index is 13.1. The molecule has 0 spiro atoms. The predicted octanol–water partition coefficient (Wildman–Crippen LogP) is 6.92. The van der Waals surface area contributed by atoms with Gasteiger partial charge in [-0.2, -0.15) is 0 Å². The zero-order valence-electron chi connectivity index (χ0n) is 19.0. The minimum Gasteiger partial charge on any atom is -0.378 e. The van der Waals surface area contributed by atoms with Crippen molar-refractivity contribution in [1.29, 1.82) is 0 Å². The fourth-order valence-corrected chi connectivity index (χ4v) is 5.67. The van der Waals surface area contributed by atoms with Crippen LogP contribution in [0.15, 0.2) is 43.0 Å². The SMILES string of the molecule is C=C(c1ccc(-c2cc(Cl)c(CC3CCN(C4CCCCC4)C3=O)c(Cl)c2)cc1)N(C)C. The molecule has 1 atom stereocenters. The summed E-state index contributed by atoms with van der Waals surface area (Å²) in [5, 5.41) is 1.27. The van der Waals surface area contributed by atoms with Crippen molar-refractivity contribution in [3.05, 3.63) is 64.1 Å². The van der Waals surface area contributed by atoms with E-state index in [9.17, 15) is 4.79 Å². The molecule has 2 aromatic rings. The van der Waals surface area contributed by atoms with E-state index in [2.05, 4.69) is 35.7 Å². The van der Waals surface area contributed by atoms with E-state index in [-0.39, 0.29) is 11.8 Å². The standard InChI is InChI=1S/C27H32Cl2N2O/c1-18(30(2)3)19-9-11-20(12-10-19)22-16-25(28)24(26(29)17-22)15-21-13-14-31(27(21)32)23-7-5-4-6-8-23/h9-12,16-17,21,23H,1,4-8,13-15H2,2-3H3. The second-order valence-corrected chi connectivity index (χ2v) is 10.2. The number of nitrogens with zero attached hydrogens (tertiary/aromatic N) is 2. The third-order valence-corrected chi connectivity index (χ3v) is 7.72. The van der Waals surface area contributed by atoms with Crippen LogP contribution in [0.25, 0.3) is 16.8 Å². The van der Waals surface area contributed by atoms with Crippen molar-refractivity contribution in [1.82, 2.24) is 9.80 Å². The topological polar surface area (TPSA) is 23.6 Å². The molecular weight excluding hydrogens is 439 g/mol. The molecule has 0 radical (unpaired) electrons. The number of carbonyl (C=O) groups is 1. The average Bonchev–Trinajstić information content (AvgIpc) is 3.16. The highest BCUT2D eigenvalue weighted by atomic mass is 35.5. The van der Waals surface area contributed by atoms with E-state index in [1.807, 2.05) is 31.1 Å². The molecule has 32 heavy (non-hydrogen) atoms. The lowest BCUT2D eigenvalue weighted by molar-refractivity contribution is -0.133. The van der Waals surface area contributed by atoms with Crippen LogP contribution in [0.4, 0.5) is 0 Å². The van der Waals surface area contributed by atoms with Crippen molar-refractivity contribution in [3.8, 4) is 11.1 Å². The van der Waals surface area contributed by atoms with Gasteiger partial charge in [0, 0.05) is 48.3 Å². The molecule has 1 saturated heterocycles. The average molecular weight is 471 g/mol. The summed E-state index contributed by atoms with van der Waals surface area (Å²) >= 11 is 13.4. The zero-order valence-corrected chi connectivity index (χ0v) is 20.6. The van der Waals surface area contributed by atoms with Gasteiger partial charge in [-0.3, -0.25) is 4.79 Å². The summed E-state index contributed by atoms with van der Waals surface area (Å²) in [5.74, 6) is 0.263. The molecule has 0 bridgehead atoms. The van der Waals surface area contributed by atoms with Gasteiger partial charge < -0.3 is 9.80 Å². The monoisotopic (exact) mass is 470 g/mol. The van der Waals surface area contributed by atoms with Gasteiger partial charge in [0.2, 0.25) is 5.91 Å². The highest BCUT2D eigenvalue weighted by Gasteiger charge is 2.36. The predicted molar refractivity (Wildman–Crippen MR) is 135 cm³/mol. The quantitative estimate of drug-likeness (QED) is 0.457. The fourth-order valence-electron chi connectivity index (χ4n) is 5.03. The number of hydrogen-bond donors (Lipinski definition) is 0. The Labute approximate surface area is 202 Å². The Balaban J connectivity index is 1.48. The lowest BCUT2D eigenvalue weighted by Crippen LogP contribution is -2.39. The second kappa shape index (κ2) is 9.89. The Morgan fingerprint density at radius 2 is 1.62 bits per heavy atom. The second-order valence-electron chi connectivity index (χ2n) is 9.35. The van der Waals surface area contributed by atoms with Crippen LogP contribution in [0.2, 0.25) is 10.0 Å². The summed E-state index contributed by atoms with van der Waals surface area (Å²) in [6.07, 6.45) is 7.57. The summed E-state index contributed by atoms with van der Waals surface area (Å²) < 4.78 is 0. The molecule has 3 nitrogen and oxygen atoms in total. The first kappa shape index (κ1) is 23.2. The molecular formula is C27H32Cl2N2O. The number of amides is 1. The number of benzene rings is 2. The van der Waals surface area contributed by atoms with Gasteiger partial charge in [-0.15, -0.1) is 0 Å². The van der Waals surface area contributed by atoms with E-state index in [0.29, 0.717) is 22.5 Å². The highest BCUT2D eigenvalue weighted by Crippen LogP contribution is 2.36. The van der Waals surface area contributed by atoms with Gasteiger partial charge in [-0.25, -0.2) is 0 Å². The molecule has 1 amide bonds. The van der Waals surface area contributed by atoms with Crippen LogP contribution < -0.4 is 0 Å². The van der Waals surface area contributed by atoms with E-state index in [0.717, 1.165) is 53.8 Å². The highest BCUT2D eigenvalue weighted by molar-refractivity contribution is 6.36. The number of rotatable bonds is 6. The minimum absolute atomic E-state index is 0.0193. The van der Waals surface area contributed by atoms with Crippen LogP contribution in [0, 0.1) is 5.92 Å². The maximum Gasteiger partial charge on any atom is 0.226 e. The third-order valence-electron chi connectivity index (χ3n) is 7.05. The smallest absolute Gasteiger partial charge is 0.226 e. The lowest BCUT2D eigenvalue weighted by Gasteiger charge is -2.31. The molecule has 4 rings (SSSR count). The van der Waals surface area contributed by atoms with Crippen molar-refractivity contribution in [3.63, 3.8) is 0 Å². The van der Waals surface area contributed by atoms with E-state index in [1.54, 1.807) is 0 Å². The normalized spacial score (nSPS) is 19.4. The molecule has 1 aliphatic heterocycles. The summed E-state index contributed by atoms with van der Waals surface area (Å²) in [6, 6.07) is 12.6. The van der Waals surface area contributed by atoms with Crippen molar-refractivity contribution in [2.24, 2.45) is 5.92 Å². The van der Waals surface area contributed by atoms with Crippen LogP contribution in [0.1, 0.15) is 49.7 Å². The van der Waals surface area contributed by atoms with Crippen molar-refractivity contribution in [2.75, 3.05) is 20.6 Å². The number of hydrogen-bond acceptors (Lipinski definition) is 2. The summed E-state index contributed by atoms with van der Waals surface area (Å²) in [7, 11) is 3.97. The van der Waals surface area contributed by atoms with Gasteiger partial charge in [0.25, 0.3) is 0 Å². The Morgan fingerprint density at radius 1 is 1.00 bits per heavy atom. The van der Waals surface area contributed by atoms with Crippen LogP contribution in [0.5, 0.6) is 0 Å². The van der Waals surface area contributed by atoms with Crippen LogP contribution in [-0.2, 0) is 11.2 Å². The maximum absolute atomic E-state index is 13.1. The van der Waals surface area contributed by atoms with E-state index in [1.165, 1.54) is 19.3 Å². The summed E-state index contributed by atoms with van der Waals surface area (Å²) in [6.45, 7) is 4.98. The Kier molecular flexibility index (Phi) is 7.17. The third kappa shape index (κ3) is 4.84. The fraction of sp³-hybridized carbons (Fsp3) is 0.444. The Morgan fingerprint density at radius 3 is 2.22 bits per heavy atom. The Hall–Kier alpha value is -1.97. The molecule has 1 aliphatic carbocycles. The van der Waals surface area contributed by atoms with Crippen molar-refractivity contribution in [2.45, 2.75) is 51.0 Å². The molecule has 170 valence electrons. The van der Waals surface area contributed by atoms with Crippen LogP contribution in [-0.4, -0.2) is 42.4 Å². The lowest BCUT2D eigenvalue weighted by atomic mass is 9.93. The first-order valence-electron chi connectivity index (χ1n) is 11.6. The molecule has 0 aromatic heterocycles. The minimum atomic E-state index is -0.0193. The van der Waals surface area contributed by atoms with Gasteiger partial charge in [0.1, 0.15) is 0 Å². The molecule has 0 N–H and O–H groups in total. The van der Waals surface area contributed by atoms with Crippen molar-refractivity contribution < 1.29 is 4.79 Å². The van der Waals surface area contributed by atoms with Gasteiger partial charge in [-0.1, -0.05) is 73.3 Å². The molecule has 2 fully saturated rings. The molecule has 1 unspecified atom stereocenters. The first-order chi connectivity index (χ1) is 15.3. The zero-order chi connectivity index (χ0) is 22.8. The van der Waals surface area contributed by atoms with Crippen LogP contribution in [0.3, 0.4) is 0 Å². The van der Waals surface area contributed by atoms with Crippen LogP contribution >= 0.6 is 23.2 Å². The van der Waals surface area contributed by atoms with E-state index < -0.39 is 0 Å². The van der Waals surface area contributed by atoms with Gasteiger partial charge in [-0.05, 0) is 60.1 Å². The first-order valence-corrected chi connectivity index (χ1v) is 12.4.